The standard InChI is InChI=1S/C9H15NO2/c11-6-7-3-4-10(5-7)9(12)8-1-2-8/h7-8,11H,1-6H2/t7-/m1/s1. The van der Waals surface area contributed by atoms with E-state index < -0.39 is 0 Å². The van der Waals surface area contributed by atoms with Gasteiger partial charge in [-0.25, -0.2) is 0 Å². The number of nitrogens with zero attached hydrogens (tertiary/aromatic N) is 1. The lowest BCUT2D eigenvalue weighted by Gasteiger charge is -2.15. The van der Waals surface area contributed by atoms with Crippen molar-refractivity contribution >= 4 is 5.91 Å². The van der Waals surface area contributed by atoms with E-state index >= 15 is 0 Å². The molecule has 1 aliphatic carbocycles. The first-order chi connectivity index (χ1) is 5.81. The summed E-state index contributed by atoms with van der Waals surface area (Å²) in [5.74, 6) is 1.00. The number of amides is 1. The predicted molar refractivity (Wildman–Crippen MR) is 44.5 cm³/mol. The van der Waals surface area contributed by atoms with Crippen LogP contribution in [0.5, 0.6) is 0 Å². The molecule has 1 aliphatic heterocycles. The fraction of sp³-hybridized carbons (Fsp3) is 0.889. The van der Waals surface area contributed by atoms with Crippen molar-refractivity contribution < 1.29 is 9.90 Å². The molecule has 1 N–H and O–H groups in total. The Kier molecular flexibility index (Phi) is 2.05. The van der Waals surface area contributed by atoms with Gasteiger partial charge in [-0.2, -0.15) is 0 Å². The largest absolute Gasteiger partial charge is 0.396 e. The van der Waals surface area contributed by atoms with Gasteiger partial charge in [-0.1, -0.05) is 0 Å². The van der Waals surface area contributed by atoms with Crippen LogP contribution in [0.25, 0.3) is 0 Å². The summed E-state index contributed by atoms with van der Waals surface area (Å²) in [5.41, 5.74) is 0. The van der Waals surface area contributed by atoms with Crippen LogP contribution in [0.2, 0.25) is 0 Å². The van der Waals surface area contributed by atoms with Crippen molar-refractivity contribution in [3.63, 3.8) is 0 Å². The average Bonchev–Trinajstić information content (AvgIpc) is 2.82. The van der Waals surface area contributed by atoms with Gasteiger partial charge >= 0.3 is 0 Å². The van der Waals surface area contributed by atoms with E-state index in [9.17, 15) is 4.79 Å². The van der Waals surface area contributed by atoms with Crippen molar-refractivity contribution in [1.82, 2.24) is 4.90 Å². The van der Waals surface area contributed by atoms with Gasteiger partial charge in [-0.05, 0) is 19.3 Å². The molecule has 0 radical (unpaired) electrons. The van der Waals surface area contributed by atoms with Crippen LogP contribution in [0.3, 0.4) is 0 Å². The zero-order valence-electron chi connectivity index (χ0n) is 7.20. The molecule has 2 rings (SSSR count). The third-order valence-electron chi connectivity index (χ3n) is 2.78. The van der Waals surface area contributed by atoms with Crippen molar-refractivity contribution in [2.75, 3.05) is 19.7 Å². The van der Waals surface area contributed by atoms with Crippen LogP contribution in [0, 0.1) is 11.8 Å². The van der Waals surface area contributed by atoms with Gasteiger partial charge in [-0.15, -0.1) is 0 Å². The van der Waals surface area contributed by atoms with E-state index in [2.05, 4.69) is 0 Å². The summed E-state index contributed by atoms with van der Waals surface area (Å²) in [4.78, 5) is 13.4. The van der Waals surface area contributed by atoms with Crippen molar-refractivity contribution in [2.45, 2.75) is 19.3 Å². The minimum Gasteiger partial charge on any atom is -0.396 e. The van der Waals surface area contributed by atoms with Crippen molar-refractivity contribution in [3.05, 3.63) is 0 Å². The van der Waals surface area contributed by atoms with Gasteiger partial charge in [0.2, 0.25) is 5.91 Å². The van der Waals surface area contributed by atoms with E-state index in [0.29, 0.717) is 17.7 Å². The van der Waals surface area contributed by atoms with E-state index in [0.717, 1.165) is 32.4 Å². The topological polar surface area (TPSA) is 40.5 Å². The van der Waals surface area contributed by atoms with Crippen LogP contribution in [-0.4, -0.2) is 35.6 Å². The normalized spacial score (nSPS) is 29.4. The summed E-state index contributed by atoms with van der Waals surface area (Å²) in [6, 6.07) is 0. The van der Waals surface area contributed by atoms with Gasteiger partial charge in [0.05, 0.1) is 0 Å². The summed E-state index contributed by atoms with van der Waals surface area (Å²) in [6.07, 6.45) is 3.15. The minimum absolute atomic E-state index is 0.231. The highest BCUT2D eigenvalue weighted by molar-refractivity contribution is 5.81. The molecule has 3 heteroatoms. The Hall–Kier alpha value is -0.570. The minimum atomic E-state index is 0.231. The summed E-state index contributed by atoms with van der Waals surface area (Å²) >= 11 is 0. The molecule has 2 fully saturated rings. The van der Waals surface area contributed by atoms with E-state index in [4.69, 9.17) is 5.11 Å². The average molecular weight is 169 g/mol. The molecule has 0 bridgehead atoms. The SMILES string of the molecule is O=C(C1CC1)N1CC[C@@H](CO)C1. The van der Waals surface area contributed by atoms with Gasteiger partial charge in [-0.3, -0.25) is 4.79 Å². The van der Waals surface area contributed by atoms with Crippen LogP contribution in [0.1, 0.15) is 19.3 Å². The molecule has 1 atom stereocenters. The molecule has 1 amide bonds. The third kappa shape index (κ3) is 1.46. The third-order valence-corrected chi connectivity index (χ3v) is 2.78. The number of carbonyl (C=O) groups is 1. The quantitative estimate of drug-likeness (QED) is 0.643. The van der Waals surface area contributed by atoms with E-state index in [-0.39, 0.29) is 6.61 Å². The number of hydrogen-bond acceptors (Lipinski definition) is 2. The molecular formula is C9H15NO2. The Morgan fingerprint density at radius 3 is 2.67 bits per heavy atom. The number of carbonyl (C=O) groups excluding carboxylic acids is 1. The van der Waals surface area contributed by atoms with Crippen LogP contribution in [-0.2, 0) is 4.79 Å². The lowest BCUT2D eigenvalue weighted by molar-refractivity contribution is -0.131. The molecular weight excluding hydrogens is 154 g/mol. The van der Waals surface area contributed by atoms with Gasteiger partial charge in [0.15, 0.2) is 0 Å². The maximum Gasteiger partial charge on any atom is 0.225 e. The monoisotopic (exact) mass is 169 g/mol. The van der Waals surface area contributed by atoms with Crippen LogP contribution >= 0.6 is 0 Å². The van der Waals surface area contributed by atoms with E-state index in [1.54, 1.807) is 0 Å². The van der Waals surface area contributed by atoms with Gasteiger partial charge in [0.1, 0.15) is 0 Å². The highest BCUT2D eigenvalue weighted by Crippen LogP contribution is 2.32. The Labute approximate surface area is 72.4 Å². The molecule has 0 aromatic rings. The number of rotatable bonds is 2. The molecule has 0 unspecified atom stereocenters. The summed E-state index contributed by atoms with van der Waals surface area (Å²) < 4.78 is 0. The van der Waals surface area contributed by atoms with Gasteiger partial charge in [0.25, 0.3) is 0 Å². The summed E-state index contributed by atoms with van der Waals surface area (Å²) in [6.45, 7) is 1.88. The molecule has 1 heterocycles. The molecule has 12 heavy (non-hydrogen) atoms. The summed E-state index contributed by atoms with van der Waals surface area (Å²) in [5, 5.41) is 8.88. The smallest absolute Gasteiger partial charge is 0.225 e. The lowest BCUT2D eigenvalue weighted by Crippen LogP contribution is -2.30. The van der Waals surface area contributed by atoms with Crippen LogP contribution < -0.4 is 0 Å². The maximum absolute atomic E-state index is 11.5. The number of hydrogen-bond donors (Lipinski definition) is 1. The second-order valence-electron chi connectivity index (χ2n) is 3.90. The molecule has 1 saturated carbocycles. The second-order valence-corrected chi connectivity index (χ2v) is 3.90. The zero-order valence-corrected chi connectivity index (χ0v) is 7.20. The van der Waals surface area contributed by atoms with Crippen LogP contribution in [0.15, 0.2) is 0 Å². The van der Waals surface area contributed by atoms with Gasteiger partial charge < -0.3 is 10.0 Å². The molecule has 1 saturated heterocycles. The number of likely N-dealkylation sites (tertiary alicyclic amines) is 1. The van der Waals surface area contributed by atoms with E-state index in [1.165, 1.54) is 0 Å². The van der Waals surface area contributed by atoms with Crippen molar-refractivity contribution in [1.29, 1.82) is 0 Å². The Bertz CT molecular complexity index is 189. The number of aliphatic hydroxyl groups is 1. The highest BCUT2D eigenvalue weighted by atomic mass is 16.3. The van der Waals surface area contributed by atoms with Gasteiger partial charge in [0, 0.05) is 31.5 Å². The fourth-order valence-electron chi connectivity index (χ4n) is 1.77. The maximum atomic E-state index is 11.5. The van der Waals surface area contributed by atoms with Crippen molar-refractivity contribution in [3.8, 4) is 0 Å². The Morgan fingerprint density at radius 1 is 1.42 bits per heavy atom. The van der Waals surface area contributed by atoms with E-state index in [1.807, 2.05) is 4.90 Å². The number of aliphatic hydroxyl groups excluding tert-OH is 1. The first kappa shape index (κ1) is 8.05. The fourth-order valence-corrected chi connectivity index (χ4v) is 1.77. The molecule has 68 valence electrons. The lowest BCUT2D eigenvalue weighted by atomic mass is 10.1. The van der Waals surface area contributed by atoms with Crippen LogP contribution in [0.4, 0.5) is 0 Å². The summed E-state index contributed by atoms with van der Waals surface area (Å²) in [7, 11) is 0. The molecule has 0 aromatic heterocycles. The molecule has 3 nitrogen and oxygen atoms in total. The van der Waals surface area contributed by atoms with Crippen molar-refractivity contribution in [2.24, 2.45) is 11.8 Å². The molecule has 0 aromatic carbocycles. The predicted octanol–water partition coefficient (Wildman–Crippen LogP) is 0.237. The zero-order chi connectivity index (χ0) is 8.55. The molecule has 0 spiro atoms. The Balaban J connectivity index is 1.85. The highest BCUT2D eigenvalue weighted by Gasteiger charge is 2.36. The first-order valence-electron chi connectivity index (χ1n) is 4.71. The first-order valence-corrected chi connectivity index (χ1v) is 4.71. The Morgan fingerprint density at radius 2 is 2.17 bits per heavy atom. The molecule has 2 aliphatic rings. The second kappa shape index (κ2) is 3.05.